The van der Waals surface area contributed by atoms with E-state index in [2.05, 4.69) is 26.2 Å². The molecule has 4 rings (SSSR count). The van der Waals surface area contributed by atoms with Gasteiger partial charge in [0.2, 0.25) is 17.7 Å². The molecule has 0 saturated carbocycles. The van der Waals surface area contributed by atoms with Crippen LogP contribution in [0.25, 0.3) is 10.2 Å². The Morgan fingerprint density at radius 1 is 1.24 bits per heavy atom. The second kappa shape index (κ2) is 6.12. The Bertz CT molecular complexity index is 1160. The first-order valence-electron chi connectivity index (χ1n) is 7.12. The molecule has 124 valence electrons. The first-order chi connectivity index (χ1) is 12.1. The van der Waals surface area contributed by atoms with Crippen LogP contribution in [0.1, 0.15) is 27.2 Å². The fraction of sp³-hybridized carbons (Fsp3) is 0.133. The van der Waals surface area contributed by atoms with E-state index in [1.807, 2.05) is 6.07 Å². The minimum Gasteiger partial charge on any atom is -0.494 e. The van der Waals surface area contributed by atoms with Crippen LogP contribution in [0.5, 0.6) is 5.88 Å². The number of aromatic nitrogens is 4. The molecule has 0 aliphatic carbocycles. The molecule has 1 aromatic carbocycles. The molecule has 2 N–H and O–H groups in total. The molecular formula is C15H9N5O3S2. The highest BCUT2D eigenvalue weighted by atomic mass is 32.1. The average molecular weight is 371 g/mol. The lowest BCUT2D eigenvalue weighted by molar-refractivity contribution is 0.440. The minimum atomic E-state index is -0.335. The molecule has 8 nitrogen and oxygen atoms in total. The lowest BCUT2D eigenvalue weighted by Crippen LogP contribution is -1.89. The van der Waals surface area contributed by atoms with Crippen LogP contribution in [-0.2, 0) is 12.8 Å². The summed E-state index contributed by atoms with van der Waals surface area (Å²) in [6.45, 7) is 0. The van der Waals surface area contributed by atoms with Crippen molar-refractivity contribution >= 4 is 32.9 Å². The van der Waals surface area contributed by atoms with Crippen LogP contribution in [-0.4, -0.2) is 25.3 Å². The Morgan fingerprint density at radius 2 is 2.04 bits per heavy atom. The second-order valence-electron chi connectivity index (χ2n) is 5.13. The number of benzene rings is 1. The number of rotatable bonds is 4. The van der Waals surface area contributed by atoms with Crippen molar-refractivity contribution < 1.29 is 9.52 Å². The fourth-order valence-electron chi connectivity index (χ4n) is 2.29. The molecule has 3 heterocycles. The number of hydrogen-bond acceptors (Lipinski definition) is 9. The van der Waals surface area contributed by atoms with Gasteiger partial charge in [0, 0.05) is 0 Å². The van der Waals surface area contributed by atoms with Crippen molar-refractivity contribution in [2.24, 2.45) is 0 Å². The summed E-state index contributed by atoms with van der Waals surface area (Å²) in [7, 11) is 0. The van der Waals surface area contributed by atoms with Gasteiger partial charge in [-0.05, 0) is 18.2 Å². The van der Waals surface area contributed by atoms with Crippen LogP contribution in [0.15, 0.2) is 27.4 Å². The third-order valence-electron chi connectivity index (χ3n) is 3.39. The molecule has 0 amide bonds. The van der Waals surface area contributed by atoms with Crippen LogP contribution in [0.4, 0.5) is 0 Å². The number of aromatic hydroxyl groups is 1. The normalized spacial score (nSPS) is 11.0. The quantitative estimate of drug-likeness (QED) is 0.562. The molecule has 0 aliphatic heterocycles. The predicted octanol–water partition coefficient (Wildman–Crippen LogP) is 2.19. The van der Waals surface area contributed by atoms with Crippen molar-refractivity contribution in [3.63, 3.8) is 0 Å². The standard InChI is InChI=1S/C15H9N5O3S2/c16-6-7-1-2-8-9(3-7)24-13(17-8)5-12-20-19-11(23-12)4-10-14(21)18-15(22)25-10/h1-3,21H,4-5H2,(H,18,22). The topological polar surface area (TPSA) is 129 Å². The number of nitriles is 1. The van der Waals surface area contributed by atoms with Crippen LogP contribution in [0.2, 0.25) is 0 Å². The molecule has 0 radical (unpaired) electrons. The number of aromatic amines is 1. The Labute approximate surface area is 148 Å². The molecule has 0 unspecified atom stereocenters. The smallest absolute Gasteiger partial charge is 0.307 e. The lowest BCUT2D eigenvalue weighted by Gasteiger charge is -1.92. The molecule has 25 heavy (non-hydrogen) atoms. The number of nitrogens with one attached hydrogen (secondary N) is 1. The van der Waals surface area contributed by atoms with Crippen molar-refractivity contribution in [1.82, 2.24) is 20.2 Å². The third-order valence-corrected chi connectivity index (χ3v) is 5.27. The number of fused-ring (bicyclic) bond motifs is 1. The van der Waals surface area contributed by atoms with E-state index in [4.69, 9.17) is 9.68 Å². The fourth-order valence-corrected chi connectivity index (χ4v) is 4.00. The van der Waals surface area contributed by atoms with E-state index in [1.165, 1.54) is 11.3 Å². The summed E-state index contributed by atoms with van der Waals surface area (Å²) in [4.78, 5) is 18.1. The van der Waals surface area contributed by atoms with Gasteiger partial charge in [-0.3, -0.25) is 9.78 Å². The van der Waals surface area contributed by atoms with E-state index in [1.54, 1.807) is 12.1 Å². The van der Waals surface area contributed by atoms with Crippen LogP contribution >= 0.6 is 22.7 Å². The monoisotopic (exact) mass is 371 g/mol. The van der Waals surface area contributed by atoms with Crippen molar-refractivity contribution in [1.29, 1.82) is 5.26 Å². The zero-order chi connectivity index (χ0) is 17.4. The molecule has 0 bridgehead atoms. The molecular weight excluding hydrogens is 362 g/mol. The molecule has 0 saturated heterocycles. The summed E-state index contributed by atoms with van der Waals surface area (Å²) in [6.07, 6.45) is 0.567. The molecule has 3 aromatic heterocycles. The van der Waals surface area contributed by atoms with E-state index in [9.17, 15) is 9.90 Å². The summed E-state index contributed by atoms with van der Waals surface area (Å²) in [5.41, 5.74) is 1.41. The Hall–Kier alpha value is -3.03. The SMILES string of the molecule is N#Cc1ccc2nc(Cc3nnc(Cc4sc(=O)[nH]c4O)o3)sc2c1. The molecule has 4 aromatic rings. The largest absolute Gasteiger partial charge is 0.494 e. The molecule has 10 heteroatoms. The second-order valence-corrected chi connectivity index (χ2v) is 7.31. The predicted molar refractivity (Wildman–Crippen MR) is 90.8 cm³/mol. The summed E-state index contributed by atoms with van der Waals surface area (Å²) in [5.74, 6) is 0.541. The highest BCUT2D eigenvalue weighted by Gasteiger charge is 2.14. The zero-order valence-corrected chi connectivity index (χ0v) is 14.1. The van der Waals surface area contributed by atoms with Gasteiger partial charge in [0.1, 0.15) is 5.01 Å². The highest BCUT2D eigenvalue weighted by molar-refractivity contribution is 7.18. The van der Waals surface area contributed by atoms with Gasteiger partial charge >= 0.3 is 4.87 Å². The van der Waals surface area contributed by atoms with Gasteiger partial charge in [-0.15, -0.1) is 21.5 Å². The van der Waals surface area contributed by atoms with E-state index in [0.717, 1.165) is 26.6 Å². The Kier molecular flexibility index (Phi) is 3.79. The van der Waals surface area contributed by atoms with E-state index >= 15 is 0 Å². The first kappa shape index (κ1) is 15.5. The highest BCUT2D eigenvalue weighted by Crippen LogP contribution is 2.25. The maximum absolute atomic E-state index is 11.2. The number of nitrogens with zero attached hydrogens (tertiary/aromatic N) is 4. The van der Waals surface area contributed by atoms with Crippen molar-refractivity contribution in [3.05, 3.63) is 55.1 Å². The average Bonchev–Trinajstić information content (AvgIpc) is 3.27. The maximum atomic E-state index is 11.2. The Balaban J connectivity index is 1.54. The van der Waals surface area contributed by atoms with Crippen molar-refractivity contribution in [3.8, 4) is 11.9 Å². The van der Waals surface area contributed by atoms with Gasteiger partial charge in [0.25, 0.3) is 0 Å². The van der Waals surface area contributed by atoms with Crippen LogP contribution in [0.3, 0.4) is 0 Å². The molecule has 0 fully saturated rings. The lowest BCUT2D eigenvalue weighted by atomic mass is 10.2. The third kappa shape index (κ3) is 3.15. The first-order valence-corrected chi connectivity index (χ1v) is 8.76. The van der Waals surface area contributed by atoms with Gasteiger partial charge in [-0.1, -0.05) is 11.3 Å². The van der Waals surface area contributed by atoms with Crippen LogP contribution in [0, 0.1) is 11.3 Å². The molecule has 0 spiro atoms. The van der Waals surface area contributed by atoms with Crippen molar-refractivity contribution in [2.75, 3.05) is 0 Å². The van der Waals surface area contributed by atoms with Gasteiger partial charge in [-0.2, -0.15) is 5.26 Å². The van der Waals surface area contributed by atoms with Gasteiger partial charge < -0.3 is 9.52 Å². The maximum Gasteiger partial charge on any atom is 0.307 e. The van der Waals surface area contributed by atoms with E-state index in [-0.39, 0.29) is 17.2 Å². The molecule has 0 aliphatic rings. The summed E-state index contributed by atoms with van der Waals surface area (Å²) in [6, 6.07) is 7.44. The Morgan fingerprint density at radius 3 is 2.76 bits per heavy atom. The minimum absolute atomic E-state index is 0.172. The van der Waals surface area contributed by atoms with Crippen LogP contribution < -0.4 is 4.87 Å². The summed E-state index contributed by atoms with van der Waals surface area (Å²) in [5, 5.41) is 27.3. The van der Waals surface area contributed by atoms with Gasteiger partial charge in [-0.25, -0.2) is 4.98 Å². The van der Waals surface area contributed by atoms with E-state index < -0.39 is 0 Å². The van der Waals surface area contributed by atoms with Gasteiger partial charge in [0.05, 0.1) is 39.6 Å². The summed E-state index contributed by atoms with van der Waals surface area (Å²) < 4.78 is 6.50. The zero-order valence-electron chi connectivity index (χ0n) is 12.5. The number of H-pyrrole nitrogens is 1. The van der Waals surface area contributed by atoms with Gasteiger partial charge in [0.15, 0.2) is 0 Å². The van der Waals surface area contributed by atoms with Crippen molar-refractivity contribution in [2.45, 2.75) is 12.8 Å². The number of hydrogen-bond donors (Lipinski definition) is 2. The summed E-state index contributed by atoms with van der Waals surface area (Å²) >= 11 is 2.37. The number of thiazole rings is 2. The molecule has 0 atom stereocenters. The van der Waals surface area contributed by atoms with E-state index in [0.29, 0.717) is 28.6 Å².